The monoisotopic (exact) mass is 375 g/mol. The first-order valence-corrected chi connectivity index (χ1v) is 8.32. The van der Waals surface area contributed by atoms with Crippen molar-refractivity contribution in [3.05, 3.63) is 65.7 Å². The summed E-state index contributed by atoms with van der Waals surface area (Å²) in [5.74, 6) is -0.237. The molecule has 144 valence electrons. The Balaban J connectivity index is 2.03. The Bertz CT molecular complexity index is 751. The van der Waals surface area contributed by atoms with Gasteiger partial charge >= 0.3 is 12.1 Å². The molecular formula is C20H22FNO5. The van der Waals surface area contributed by atoms with Crippen LogP contribution < -0.4 is 10.1 Å². The van der Waals surface area contributed by atoms with Crippen LogP contribution in [0.15, 0.2) is 54.6 Å². The fourth-order valence-electron chi connectivity index (χ4n) is 2.55. The lowest BCUT2D eigenvalue weighted by atomic mass is 9.93. The second kappa shape index (κ2) is 9.56. The maximum atomic E-state index is 12.3. The molecule has 27 heavy (non-hydrogen) atoms. The van der Waals surface area contributed by atoms with Crippen molar-refractivity contribution in [3.8, 4) is 5.75 Å². The number of methoxy groups -OCH3 is 1. The van der Waals surface area contributed by atoms with Crippen molar-refractivity contribution >= 4 is 12.1 Å². The van der Waals surface area contributed by atoms with E-state index in [1.54, 1.807) is 31.2 Å². The minimum absolute atomic E-state index is 0.0825. The summed E-state index contributed by atoms with van der Waals surface area (Å²) in [6.45, 7) is 0.710. The smallest absolute Gasteiger partial charge is 0.408 e. The van der Waals surface area contributed by atoms with E-state index in [1.807, 2.05) is 30.3 Å². The molecule has 1 amide bonds. The summed E-state index contributed by atoms with van der Waals surface area (Å²) < 4.78 is 27.0. The van der Waals surface area contributed by atoms with Gasteiger partial charge in [-0.1, -0.05) is 42.5 Å². The molecule has 1 atom stereocenters. The maximum absolute atomic E-state index is 12.3. The Morgan fingerprint density at radius 2 is 1.70 bits per heavy atom. The number of nitrogens with one attached hydrogen (secondary N) is 1. The number of ether oxygens (including phenoxy) is 3. The van der Waals surface area contributed by atoms with E-state index in [-0.39, 0.29) is 13.0 Å². The molecule has 0 radical (unpaired) electrons. The third-order valence-corrected chi connectivity index (χ3v) is 3.93. The number of rotatable bonds is 8. The van der Waals surface area contributed by atoms with E-state index in [0.29, 0.717) is 5.75 Å². The first-order valence-electron chi connectivity index (χ1n) is 8.32. The van der Waals surface area contributed by atoms with Gasteiger partial charge < -0.3 is 19.5 Å². The number of amides is 1. The van der Waals surface area contributed by atoms with Gasteiger partial charge in [-0.25, -0.2) is 14.0 Å². The Hall–Kier alpha value is -3.09. The highest BCUT2D eigenvalue weighted by Gasteiger charge is 2.37. The molecule has 0 unspecified atom stereocenters. The van der Waals surface area contributed by atoms with E-state index in [4.69, 9.17) is 14.2 Å². The van der Waals surface area contributed by atoms with E-state index in [2.05, 4.69) is 5.32 Å². The van der Waals surface area contributed by atoms with Gasteiger partial charge in [-0.3, -0.25) is 0 Å². The molecule has 1 N–H and O–H groups in total. The van der Waals surface area contributed by atoms with Crippen LogP contribution in [-0.4, -0.2) is 31.6 Å². The third kappa shape index (κ3) is 5.99. The second-order valence-electron chi connectivity index (χ2n) is 6.08. The van der Waals surface area contributed by atoms with Crippen LogP contribution in [0.2, 0.25) is 0 Å². The van der Waals surface area contributed by atoms with Gasteiger partial charge in [0.25, 0.3) is 0 Å². The van der Waals surface area contributed by atoms with E-state index in [0.717, 1.165) is 11.1 Å². The molecule has 2 rings (SSSR count). The molecular weight excluding hydrogens is 353 g/mol. The molecule has 0 heterocycles. The van der Waals surface area contributed by atoms with Crippen LogP contribution in [0.4, 0.5) is 9.18 Å². The molecule has 0 aliphatic rings. The van der Waals surface area contributed by atoms with E-state index in [1.165, 1.54) is 7.11 Å². The zero-order chi connectivity index (χ0) is 19.7. The van der Waals surface area contributed by atoms with Crippen LogP contribution in [0.3, 0.4) is 0 Å². The molecule has 0 fully saturated rings. The highest BCUT2D eigenvalue weighted by Crippen LogP contribution is 2.19. The quantitative estimate of drug-likeness (QED) is 0.716. The van der Waals surface area contributed by atoms with Crippen LogP contribution in [0, 0.1) is 0 Å². The zero-order valence-corrected chi connectivity index (χ0v) is 15.2. The number of hydrogen-bond donors (Lipinski definition) is 1. The van der Waals surface area contributed by atoms with Crippen LogP contribution in [0.1, 0.15) is 18.1 Å². The fraction of sp³-hybridized carbons (Fsp3) is 0.300. The first kappa shape index (κ1) is 20.2. The maximum Gasteiger partial charge on any atom is 0.408 e. The van der Waals surface area contributed by atoms with Crippen LogP contribution in [0.25, 0.3) is 0 Å². The standard InChI is InChI=1S/C20H22FNO5/c1-20(18(23)25-2,12-15-8-10-17(11-9-15)27-14-21)22-19(24)26-13-16-6-4-3-5-7-16/h3-11H,12-14H2,1-2H3,(H,22,24)/t20-/m0/s1. The predicted molar refractivity (Wildman–Crippen MR) is 96.9 cm³/mol. The van der Waals surface area contributed by atoms with Crippen molar-refractivity contribution in [2.45, 2.75) is 25.5 Å². The fourth-order valence-corrected chi connectivity index (χ4v) is 2.55. The number of alkyl carbamates (subject to hydrolysis) is 1. The molecule has 7 heteroatoms. The summed E-state index contributed by atoms with van der Waals surface area (Å²) in [6.07, 6.45) is -0.570. The Morgan fingerprint density at radius 3 is 2.30 bits per heavy atom. The summed E-state index contributed by atoms with van der Waals surface area (Å²) in [5, 5.41) is 2.58. The Kier molecular flexibility index (Phi) is 7.16. The van der Waals surface area contributed by atoms with Crippen molar-refractivity contribution in [1.82, 2.24) is 5.32 Å². The van der Waals surface area contributed by atoms with Crippen molar-refractivity contribution in [1.29, 1.82) is 0 Å². The SMILES string of the molecule is COC(=O)[C@](C)(Cc1ccc(OCF)cc1)NC(=O)OCc1ccccc1. The molecule has 0 bridgehead atoms. The summed E-state index contributed by atoms with van der Waals surface area (Å²) in [6, 6.07) is 15.7. The van der Waals surface area contributed by atoms with Crippen LogP contribution >= 0.6 is 0 Å². The van der Waals surface area contributed by atoms with E-state index < -0.39 is 24.5 Å². The minimum Gasteiger partial charge on any atom is -0.467 e. The van der Waals surface area contributed by atoms with Crippen molar-refractivity contribution in [2.75, 3.05) is 14.0 Å². The van der Waals surface area contributed by atoms with Gasteiger partial charge in [-0.05, 0) is 30.2 Å². The number of carbonyl (C=O) groups is 2. The van der Waals surface area contributed by atoms with E-state index in [9.17, 15) is 14.0 Å². The molecule has 0 aromatic heterocycles. The molecule has 2 aromatic carbocycles. The molecule has 0 saturated heterocycles. The highest BCUT2D eigenvalue weighted by molar-refractivity contribution is 5.85. The van der Waals surface area contributed by atoms with Gasteiger partial charge in [0.05, 0.1) is 7.11 Å². The summed E-state index contributed by atoms with van der Waals surface area (Å²) in [7, 11) is 1.25. The normalized spacial score (nSPS) is 12.6. The van der Waals surface area contributed by atoms with Gasteiger partial charge in [0.1, 0.15) is 17.9 Å². The Labute approximate surface area is 157 Å². The minimum atomic E-state index is -1.33. The molecule has 6 nitrogen and oxygen atoms in total. The number of carbonyl (C=O) groups excluding carboxylic acids is 2. The average Bonchev–Trinajstić information content (AvgIpc) is 2.68. The molecule has 0 saturated carbocycles. The van der Waals surface area contributed by atoms with Gasteiger partial charge in [-0.15, -0.1) is 0 Å². The lowest BCUT2D eigenvalue weighted by molar-refractivity contribution is -0.147. The topological polar surface area (TPSA) is 73.9 Å². The third-order valence-electron chi connectivity index (χ3n) is 3.93. The summed E-state index contributed by atoms with van der Waals surface area (Å²) in [4.78, 5) is 24.4. The van der Waals surface area contributed by atoms with Crippen molar-refractivity contribution in [2.24, 2.45) is 0 Å². The second-order valence-corrected chi connectivity index (χ2v) is 6.08. The molecule has 2 aromatic rings. The molecule has 0 aliphatic carbocycles. The number of benzene rings is 2. The molecule has 0 aliphatic heterocycles. The summed E-state index contributed by atoms with van der Waals surface area (Å²) >= 11 is 0. The van der Waals surface area contributed by atoms with Crippen LogP contribution in [0.5, 0.6) is 5.75 Å². The number of alkyl halides is 1. The number of hydrogen-bond acceptors (Lipinski definition) is 5. The lowest BCUT2D eigenvalue weighted by Crippen LogP contribution is -2.54. The van der Waals surface area contributed by atoms with Gasteiger partial charge in [-0.2, -0.15) is 0 Å². The van der Waals surface area contributed by atoms with Gasteiger partial charge in [0.2, 0.25) is 6.86 Å². The highest BCUT2D eigenvalue weighted by atomic mass is 19.1. The first-order chi connectivity index (χ1) is 13.0. The largest absolute Gasteiger partial charge is 0.467 e. The van der Waals surface area contributed by atoms with Crippen LogP contribution in [-0.2, 0) is 27.3 Å². The average molecular weight is 375 g/mol. The van der Waals surface area contributed by atoms with Gasteiger partial charge in [0, 0.05) is 6.42 Å². The van der Waals surface area contributed by atoms with Crippen molar-refractivity contribution in [3.63, 3.8) is 0 Å². The van der Waals surface area contributed by atoms with Gasteiger partial charge in [0.15, 0.2) is 0 Å². The lowest BCUT2D eigenvalue weighted by Gasteiger charge is -2.27. The summed E-state index contributed by atoms with van der Waals surface area (Å²) in [5.41, 5.74) is 0.235. The molecule has 0 spiro atoms. The van der Waals surface area contributed by atoms with Crippen molar-refractivity contribution < 1.29 is 28.2 Å². The van der Waals surface area contributed by atoms with E-state index >= 15 is 0 Å². The zero-order valence-electron chi connectivity index (χ0n) is 15.2. The number of halogens is 1. The predicted octanol–water partition coefficient (Wildman–Crippen LogP) is 3.39. The number of esters is 1. The Morgan fingerprint density at radius 1 is 1.04 bits per heavy atom.